The van der Waals surface area contributed by atoms with Gasteiger partial charge in [-0.15, -0.1) is 0 Å². The molecule has 0 aromatic heterocycles. The van der Waals surface area contributed by atoms with Gasteiger partial charge in [-0.1, -0.05) is 6.92 Å². The molecule has 0 amide bonds. The molecule has 0 atom stereocenters. The molecule has 5 nitrogen and oxygen atoms in total. The first kappa shape index (κ1) is 24.8. The number of carbonyl (C=O) groups is 1. The van der Waals surface area contributed by atoms with Gasteiger partial charge in [-0.2, -0.15) is 8.42 Å². The SMILES string of the molecule is CCCCCCCCCCCC(=O)[CH2][Na].O=S(=O)(O)CCO. The summed E-state index contributed by atoms with van der Waals surface area (Å²) in [6.45, 7) is 1.73. The van der Waals surface area contributed by atoms with E-state index in [4.69, 9.17) is 9.66 Å². The fraction of sp³-hybridized carbons (Fsp3) is 0.933. The summed E-state index contributed by atoms with van der Waals surface area (Å²) in [6, 6.07) is 0. The number of carbonyl (C=O) groups excluding carboxylic acids is 1. The normalized spacial score (nSPS) is 11.0. The minimum Gasteiger partial charge on any atom is -0.395 e. The number of hydrogen-bond donors (Lipinski definition) is 2. The van der Waals surface area contributed by atoms with E-state index in [9.17, 15) is 13.2 Å². The first-order valence-electron chi connectivity index (χ1n) is 8.45. The van der Waals surface area contributed by atoms with Crippen molar-refractivity contribution in [1.82, 2.24) is 0 Å². The maximum atomic E-state index is 11.1. The third kappa shape index (κ3) is 25.5. The van der Waals surface area contributed by atoms with Crippen molar-refractivity contribution < 1.29 is 22.9 Å². The average Bonchev–Trinajstić information content (AvgIpc) is 2.44. The molecule has 22 heavy (non-hydrogen) atoms. The van der Waals surface area contributed by atoms with Crippen molar-refractivity contribution in [3.63, 3.8) is 0 Å². The summed E-state index contributed by atoms with van der Waals surface area (Å²) >= 11 is 1.04. The van der Waals surface area contributed by atoms with E-state index in [1.807, 2.05) is 0 Å². The fourth-order valence-electron chi connectivity index (χ4n) is 1.92. The molecule has 128 valence electrons. The minimum atomic E-state index is -3.92. The van der Waals surface area contributed by atoms with Crippen LogP contribution in [0.5, 0.6) is 0 Å². The Balaban J connectivity index is 0. The Bertz CT molecular complexity index is 344. The third-order valence-corrected chi connectivity index (χ3v) is 4.79. The Hall–Kier alpha value is 0.540. The molecular formula is C15H31NaO5S. The maximum Gasteiger partial charge on any atom is 0.267 e. The maximum absolute atomic E-state index is 11.1. The smallest absolute Gasteiger partial charge is 0.267 e. The van der Waals surface area contributed by atoms with Gasteiger partial charge in [0.05, 0.1) is 12.4 Å². The molecule has 7 heteroatoms. The third-order valence-electron chi connectivity index (χ3n) is 3.30. The van der Waals surface area contributed by atoms with E-state index in [1.54, 1.807) is 0 Å². The van der Waals surface area contributed by atoms with Crippen LogP contribution in [0, 0.1) is 0 Å². The van der Waals surface area contributed by atoms with Crippen molar-refractivity contribution >= 4 is 43.8 Å². The molecule has 0 unspecified atom stereocenters. The predicted molar refractivity (Wildman–Crippen MR) is 90.9 cm³/mol. The van der Waals surface area contributed by atoms with Crippen molar-refractivity contribution in [1.29, 1.82) is 0 Å². The van der Waals surface area contributed by atoms with Crippen LogP contribution in [0.15, 0.2) is 0 Å². The van der Waals surface area contributed by atoms with Gasteiger partial charge in [0, 0.05) is 0 Å². The molecule has 0 fully saturated rings. The van der Waals surface area contributed by atoms with Gasteiger partial charge in [-0.3, -0.25) is 4.55 Å². The van der Waals surface area contributed by atoms with Crippen LogP contribution in [0.4, 0.5) is 0 Å². The molecule has 0 radical (unpaired) electrons. The molecule has 0 aliphatic rings. The summed E-state index contributed by atoms with van der Waals surface area (Å²) in [7, 11) is -3.92. The standard InChI is InChI=1S/C13H25O.C2H6O4S.Na/c1-3-4-5-6-7-8-9-10-11-12-13(2)14;3-1-2-7(4,5)6;/h2-12H2,1H3;3H,1-2H2,(H,4,5,6);. The zero-order chi connectivity index (χ0) is 17.3. The molecule has 2 N–H and O–H groups in total. The molecule has 0 saturated carbocycles. The number of aliphatic hydroxyl groups excluding tert-OH is 1. The van der Waals surface area contributed by atoms with E-state index in [1.165, 1.54) is 51.4 Å². The molecule has 0 aromatic rings. The zero-order valence-corrected chi connectivity index (χ0v) is 17.0. The summed E-state index contributed by atoms with van der Waals surface area (Å²) in [5, 5.41) is 7.86. The summed E-state index contributed by atoms with van der Waals surface area (Å²) in [5.74, 6) is -0.0860. The second kappa shape index (κ2) is 17.9. The first-order chi connectivity index (χ1) is 10.4. The summed E-state index contributed by atoms with van der Waals surface area (Å²) < 4.78 is 27.9. The van der Waals surface area contributed by atoms with Crippen LogP contribution in [0.1, 0.15) is 71.1 Å². The van der Waals surface area contributed by atoms with E-state index in [0.717, 1.165) is 44.4 Å². The van der Waals surface area contributed by atoms with Gasteiger partial charge in [0.1, 0.15) is 0 Å². The molecule has 0 aromatic carbocycles. The van der Waals surface area contributed by atoms with Crippen LogP contribution in [-0.4, -0.2) is 64.2 Å². The van der Waals surface area contributed by atoms with E-state index in [0.29, 0.717) is 5.78 Å². The first-order valence-corrected chi connectivity index (χ1v) is 11.5. The quantitative estimate of drug-likeness (QED) is 0.304. The van der Waals surface area contributed by atoms with Crippen LogP contribution in [0.2, 0.25) is 3.67 Å². The van der Waals surface area contributed by atoms with Crippen molar-refractivity contribution in [2.45, 2.75) is 74.8 Å². The topological polar surface area (TPSA) is 91.7 Å². The average molecular weight is 346 g/mol. The van der Waals surface area contributed by atoms with Crippen LogP contribution in [-0.2, 0) is 14.9 Å². The molecule has 0 aliphatic heterocycles. The van der Waals surface area contributed by atoms with Gasteiger partial charge in [-0.05, 0) is 0 Å². The zero-order valence-electron chi connectivity index (χ0n) is 14.2. The molecule has 0 aliphatic carbocycles. The number of hydrogen-bond acceptors (Lipinski definition) is 4. The summed E-state index contributed by atoms with van der Waals surface area (Å²) in [4.78, 5) is 11.1. The predicted octanol–water partition coefficient (Wildman–Crippen LogP) is 2.93. The van der Waals surface area contributed by atoms with Gasteiger partial charge in [0.15, 0.2) is 0 Å². The van der Waals surface area contributed by atoms with Gasteiger partial charge >= 0.3 is 106 Å². The van der Waals surface area contributed by atoms with Gasteiger partial charge in [-0.25, -0.2) is 0 Å². The van der Waals surface area contributed by atoms with Crippen molar-refractivity contribution in [2.24, 2.45) is 0 Å². The molecule has 0 rings (SSSR count). The Labute approximate surface area is 153 Å². The van der Waals surface area contributed by atoms with Gasteiger partial charge < -0.3 is 5.11 Å². The molecular weight excluding hydrogens is 315 g/mol. The van der Waals surface area contributed by atoms with Gasteiger partial charge in [0.25, 0.3) is 10.1 Å². The number of rotatable bonds is 13. The van der Waals surface area contributed by atoms with Crippen molar-refractivity contribution in [3.05, 3.63) is 0 Å². The van der Waals surface area contributed by atoms with Crippen LogP contribution < -0.4 is 0 Å². The van der Waals surface area contributed by atoms with Crippen molar-refractivity contribution in [3.8, 4) is 0 Å². The second-order valence-electron chi connectivity index (χ2n) is 5.48. The van der Waals surface area contributed by atoms with Crippen LogP contribution in [0.3, 0.4) is 0 Å². The van der Waals surface area contributed by atoms with Crippen LogP contribution in [0.25, 0.3) is 0 Å². The molecule has 0 saturated heterocycles. The summed E-state index contributed by atoms with van der Waals surface area (Å²) in [5.41, 5.74) is 0. The number of unbranched alkanes of at least 4 members (excludes halogenated alkanes) is 8. The van der Waals surface area contributed by atoms with E-state index < -0.39 is 22.5 Å². The largest absolute Gasteiger partial charge is 0.395 e. The van der Waals surface area contributed by atoms with Crippen molar-refractivity contribution in [2.75, 3.05) is 12.4 Å². The molecule has 0 heterocycles. The minimum absolute atomic E-state index is 0.490. The Morgan fingerprint density at radius 3 is 1.73 bits per heavy atom. The van der Waals surface area contributed by atoms with Gasteiger partial charge in [0.2, 0.25) is 0 Å². The van der Waals surface area contributed by atoms with Crippen LogP contribution >= 0.6 is 0 Å². The van der Waals surface area contributed by atoms with E-state index in [2.05, 4.69) is 6.92 Å². The number of ketones is 1. The Morgan fingerprint density at radius 2 is 1.41 bits per heavy atom. The van der Waals surface area contributed by atoms with E-state index in [-0.39, 0.29) is 0 Å². The molecule has 0 spiro atoms. The second-order valence-corrected chi connectivity index (χ2v) is 7.76. The number of aliphatic hydroxyl groups is 1. The molecule has 0 bridgehead atoms. The van der Waals surface area contributed by atoms with E-state index >= 15 is 0 Å². The number of Topliss-reactive ketones (excluding diaryl/α,β-unsaturated/α-hetero) is 1. The Kier molecular flexibility index (Phi) is 20.2. The fourth-order valence-corrected chi connectivity index (χ4v) is 2.51. The summed E-state index contributed by atoms with van der Waals surface area (Å²) in [6.07, 6.45) is 12.9. The monoisotopic (exact) mass is 346 g/mol. The Morgan fingerprint density at radius 1 is 0.955 bits per heavy atom.